The standard InChI is InChI=1S/C11H12O2S/c1-7(11(12)13)10-6-8-4-2-3-5-9(8)14-10/h3,5-7H,2,4H2,1H3,(H,12,13). The highest BCUT2D eigenvalue weighted by atomic mass is 32.1. The zero-order valence-electron chi connectivity index (χ0n) is 7.99. The molecule has 0 aliphatic heterocycles. The van der Waals surface area contributed by atoms with Gasteiger partial charge in [-0.15, -0.1) is 11.3 Å². The Hall–Kier alpha value is -1.09. The number of hydrogen-bond acceptors (Lipinski definition) is 2. The van der Waals surface area contributed by atoms with E-state index in [0.717, 1.165) is 17.7 Å². The molecule has 0 radical (unpaired) electrons. The number of aryl methyl sites for hydroxylation is 1. The van der Waals surface area contributed by atoms with Crippen molar-refractivity contribution >= 4 is 23.4 Å². The molecular formula is C11H12O2S. The molecule has 2 rings (SSSR count). The molecule has 0 aromatic carbocycles. The van der Waals surface area contributed by atoms with Gasteiger partial charge < -0.3 is 5.11 Å². The Bertz CT molecular complexity index is 390. The second-order valence-corrected chi connectivity index (χ2v) is 4.65. The highest BCUT2D eigenvalue weighted by Gasteiger charge is 2.18. The van der Waals surface area contributed by atoms with Gasteiger partial charge in [-0.3, -0.25) is 4.79 Å². The van der Waals surface area contributed by atoms with E-state index in [-0.39, 0.29) is 5.92 Å². The van der Waals surface area contributed by atoms with E-state index in [1.165, 1.54) is 10.4 Å². The van der Waals surface area contributed by atoms with Crippen molar-refractivity contribution in [3.63, 3.8) is 0 Å². The van der Waals surface area contributed by atoms with Crippen LogP contribution >= 0.6 is 11.3 Å². The number of aliphatic carboxylic acids is 1. The van der Waals surface area contributed by atoms with E-state index in [1.807, 2.05) is 6.07 Å². The van der Waals surface area contributed by atoms with Gasteiger partial charge in [0.1, 0.15) is 0 Å². The van der Waals surface area contributed by atoms with Gasteiger partial charge in [0.15, 0.2) is 0 Å². The summed E-state index contributed by atoms with van der Waals surface area (Å²) in [6, 6.07) is 2.04. The van der Waals surface area contributed by atoms with E-state index in [9.17, 15) is 4.79 Å². The van der Waals surface area contributed by atoms with Crippen molar-refractivity contribution in [3.05, 3.63) is 27.5 Å². The Kier molecular flexibility index (Phi) is 2.42. The molecule has 2 nitrogen and oxygen atoms in total. The van der Waals surface area contributed by atoms with Crippen molar-refractivity contribution in [1.29, 1.82) is 0 Å². The predicted octanol–water partition coefficient (Wildman–Crippen LogP) is 2.90. The Morgan fingerprint density at radius 2 is 2.43 bits per heavy atom. The second kappa shape index (κ2) is 3.58. The zero-order valence-corrected chi connectivity index (χ0v) is 8.80. The first-order chi connectivity index (χ1) is 6.68. The Morgan fingerprint density at radius 1 is 1.64 bits per heavy atom. The van der Waals surface area contributed by atoms with Crippen molar-refractivity contribution in [2.24, 2.45) is 0 Å². The lowest BCUT2D eigenvalue weighted by Gasteiger charge is -2.01. The van der Waals surface area contributed by atoms with Crippen molar-refractivity contribution in [3.8, 4) is 0 Å². The fourth-order valence-corrected chi connectivity index (χ4v) is 2.75. The molecular weight excluding hydrogens is 196 g/mol. The Morgan fingerprint density at radius 3 is 3.07 bits per heavy atom. The van der Waals surface area contributed by atoms with Crippen molar-refractivity contribution in [2.75, 3.05) is 0 Å². The summed E-state index contributed by atoms with van der Waals surface area (Å²) >= 11 is 1.60. The molecule has 14 heavy (non-hydrogen) atoms. The lowest BCUT2D eigenvalue weighted by atomic mass is 10.0. The number of fused-ring (bicyclic) bond motifs is 1. The minimum absolute atomic E-state index is 0.376. The third-order valence-corrected chi connectivity index (χ3v) is 3.83. The average molecular weight is 208 g/mol. The highest BCUT2D eigenvalue weighted by Crippen LogP contribution is 2.32. The van der Waals surface area contributed by atoms with Crippen LogP contribution in [0.5, 0.6) is 0 Å². The third-order valence-electron chi connectivity index (χ3n) is 2.51. The molecule has 0 spiro atoms. The first-order valence-electron chi connectivity index (χ1n) is 4.70. The molecule has 1 aromatic rings. The number of thiophene rings is 1. The molecule has 1 unspecified atom stereocenters. The maximum absolute atomic E-state index is 10.8. The van der Waals surface area contributed by atoms with Crippen molar-refractivity contribution < 1.29 is 9.90 Å². The van der Waals surface area contributed by atoms with Gasteiger partial charge >= 0.3 is 5.97 Å². The van der Waals surface area contributed by atoms with E-state index >= 15 is 0 Å². The normalized spacial score (nSPS) is 16.4. The SMILES string of the molecule is CC(C(=O)O)c1cc2c(s1)C=CCC2. The fraction of sp³-hybridized carbons (Fsp3) is 0.364. The number of allylic oxidation sites excluding steroid dienone is 1. The number of rotatable bonds is 2. The van der Waals surface area contributed by atoms with Gasteiger partial charge in [-0.2, -0.15) is 0 Å². The molecule has 0 saturated heterocycles. The number of hydrogen-bond donors (Lipinski definition) is 1. The summed E-state index contributed by atoms with van der Waals surface area (Å²) in [6.45, 7) is 1.74. The maximum Gasteiger partial charge on any atom is 0.311 e. The largest absolute Gasteiger partial charge is 0.481 e. The topological polar surface area (TPSA) is 37.3 Å². The van der Waals surface area contributed by atoms with E-state index in [1.54, 1.807) is 18.3 Å². The fourth-order valence-electron chi connectivity index (χ4n) is 1.57. The predicted molar refractivity (Wildman–Crippen MR) is 57.7 cm³/mol. The van der Waals surface area contributed by atoms with Crippen LogP contribution in [0.15, 0.2) is 12.1 Å². The summed E-state index contributed by atoms with van der Waals surface area (Å²) in [7, 11) is 0. The minimum atomic E-state index is -0.743. The molecule has 0 amide bonds. The lowest BCUT2D eigenvalue weighted by Crippen LogP contribution is -2.05. The molecule has 3 heteroatoms. The molecule has 1 aliphatic rings. The van der Waals surface area contributed by atoms with Gasteiger partial charge in [0.05, 0.1) is 5.92 Å². The monoisotopic (exact) mass is 208 g/mol. The maximum atomic E-state index is 10.8. The van der Waals surface area contributed by atoms with E-state index in [0.29, 0.717) is 0 Å². The number of carbonyl (C=O) groups is 1. The van der Waals surface area contributed by atoms with E-state index in [4.69, 9.17) is 5.11 Å². The zero-order chi connectivity index (χ0) is 10.1. The van der Waals surface area contributed by atoms with Gasteiger partial charge in [-0.1, -0.05) is 6.08 Å². The van der Waals surface area contributed by atoms with Gasteiger partial charge in [0.25, 0.3) is 0 Å². The molecule has 0 fully saturated rings. The Balaban J connectivity index is 2.33. The molecule has 1 aliphatic carbocycles. The van der Waals surface area contributed by atoms with Crippen LogP contribution in [0.1, 0.15) is 34.6 Å². The smallest absolute Gasteiger partial charge is 0.311 e. The summed E-state index contributed by atoms with van der Waals surface area (Å²) < 4.78 is 0. The van der Waals surface area contributed by atoms with Gasteiger partial charge in [-0.25, -0.2) is 0 Å². The lowest BCUT2D eigenvalue weighted by molar-refractivity contribution is -0.138. The summed E-state index contributed by atoms with van der Waals surface area (Å²) in [6.07, 6.45) is 6.37. The van der Waals surface area contributed by atoms with Crippen LogP contribution in [0.4, 0.5) is 0 Å². The van der Waals surface area contributed by atoms with Crippen LogP contribution in [0.2, 0.25) is 0 Å². The van der Waals surface area contributed by atoms with Crippen molar-refractivity contribution in [1.82, 2.24) is 0 Å². The molecule has 1 atom stereocenters. The van der Waals surface area contributed by atoms with Crippen molar-refractivity contribution in [2.45, 2.75) is 25.7 Å². The minimum Gasteiger partial charge on any atom is -0.481 e. The van der Waals surface area contributed by atoms with Gasteiger partial charge in [0.2, 0.25) is 0 Å². The Labute approximate surface area is 86.9 Å². The molecule has 1 heterocycles. The van der Waals surface area contributed by atoms with Gasteiger partial charge in [-0.05, 0) is 37.5 Å². The summed E-state index contributed by atoms with van der Waals surface area (Å²) in [5.41, 5.74) is 1.31. The number of carboxylic acid groups (broad SMARTS) is 1. The third kappa shape index (κ3) is 1.60. The molecule has 1 N–H and O–H groups in total. The molecule has 74 valence electrons. The van der Waals surface area contributed by atoms with Crippen LogP contribution in [-0.4, -0.2) is 11.1 Å². The summed E-state index contributed by atoms with van der Waals surface area (Å²) in [5, 5.41) is 8.89. The first-order valence-corrected chi connectivity index (χ1v) is 5.52. The quantitative estimate of drug-likeness (QED) is 0.811. The second-order valence-electron chi connectivity index (χ2n) is 3.54. The van der Waals surface area contributed by atoms with E-state index in [2.05, 4.69) is 12.2 Å². The van der Waals surface area contributed by atoms with Crippen LogP contribution < -0.4 is 0 Å². The molecule has 1 aromatic heterocycles. The number of carboxylic acids is 1. The van der Waals surface area contributed by atoms with Crippen LogP contribution in [0, 0.1) is 0 Å². The van der Waals surface area contributed by atoms with Crippen LogP contribution in [0.3, 0.4) is 0 Å². The van der Waals surface area contributed by atoms with Crippen LogP contribution in [-0.2, 0) is 11.2 Å². The first kappa shape index (κ1) is 9.46. The molecule has 0 bridgehead atoms. The van der Waals surface area contributed by atoms with Gasteiger partial charge in [0, 0.05) is 9.75 Å². The average Bonchev–Trinajstić information content (AvgIpc) is 2.59. The summed E-state index contributed by atoms with van der Waals surface area (Å²) in [4.78, 5) is 13.0. The summed E-state index contributed by atoms with van der Waals surface area (Å²) in [5.74, 6) is -1.12. The van der Waals surface area contributed by atoms with Crippen LogP contribution in [0.25, 0.3) is 6.08 Å². The highest BCUT2D eigenvalue weighted by molar-refractivity contribution is 7.13. The molecule has 0 saturated carbocycles. The van der Waals surface area contributed by atoms with E-state index < -0.39 is 5.97 Å².